The van der Waals surface area contributed by atoms with Gasteiger partial charge in [0.2, 0.25) is 5.89 Å². The summed E-state index contributed by atoms with van der Waals surface area (Å²) in [4.78, 5) is 2.16. The maximum atomic E-state index is 5.56. The minimum Gasteiger partial charge on any atom is -0.408 e. The predicted octanol–water partition coefficient (Wildman–Crippen LogP) is 1.20. The number of nitrogens with zero attached hydrogens (tertiary/aromatic N) is 3. The van der Waals surface area contributed by atoms with Crippen molar-refractivity contribution in [3.63, 3.8) is 0 Å². The fraction of sp³-hybridized carbons (Fsp3) is 0.818. The molecule has 1 aliphatic heterocycles. The molecular weight excluding hydrogens is 204 g/mol. The first-order chi connectivity index (χ1) is 7.61. The van der Waals surface area contributed by atoms with Crippen LogP contribution in [0.25, 0.3) is 0 Å². The van der Waals surface area contributed by atoms with Crippen molar-refractivity contribution in [2.75, 3.05) is 24.5 Å². The highest BCUT2D eigenvalue weighted by atomic mass is 16.4. The van der Waals surface area contributed by atoms with E-state index in [2.05, 4.69) is 28.9 Å². The molecule has 1 fully saturated rings. The van der Waals surface area contributed by atoms with Crippen molar-refractivity contribution in [1.82, 2.24) is 10.2 Å². The maximum absolute atomic E-state index is 5.56. The Balaban J connectivity index is 1.97. The van der Waals surface area contributed by atoms with Crippen LogP contribution in [0.5, 0.6) is 0 Å². The second-order valence-electron chi connectivity index (χ2n) is 5.17. The first kappa shape index (κ1) is 11.4. The summed E-state index contributed by atoms with van der Waals surface area (Å²) in [7, 11) is 0. The van der Waals surface area contributed by atoms with Gasteiger partial charge in [0, 0.05) is 26.1 Å². The maximum Gasteiger partial charge on any atom is 0.318 e. The van der Waals surface area contributed by atoms with Gasteiger partial charge in [0.25, 0.3) is 0 Å². The molecule has 0 radical (unpaired) electrons. The van der Waals surface area contributed by atoms with Gasteiger partial charge in [-0.2, -0.15) is 0 Å². The Morgan fingerprint density at radius 3 is 2.62 bits per heavy atom. The largest absolute Gasteiger partial charge is 0.408 e. The van der Waals surface area contributed by atoms with E-state index in [1.54, 1.807) is 0 Å². The molecule has 5 nitrogen and oxygen atoms in total. The Labute approximate surface area is 96.0 Å². The van der Waals surface area contributed by atoms with Crippen LogP contribution in [0.15, 0.2) is 4.42 Å². The second kappa shape index (κ2) is 4.41. The van der Waals surface area contributed by atoms with Crippen molar-refractivity contribution in [3.8, 4) is 0 Å². The zero-order valence-electron chi connectivity index (χ0n) is 10.1. The molecule has 1 saturated heterocycles. The predicted molar refractivity (Wildman–Crippen MR) is 62.3 cm³/mol. The molecule has 0 spiro atoms. The first-order valence-corrected chi connectivity index (χ1v) is 5.88. The average Bonchev–Trinajstić information content (AvgIpc) is 2.67. The molecule has 0 aliphatic carbocycles. The quantitative estimate of drug-likeness (QED) is 0.835. The monoisotopic (exact) mass is 224 g/mol. The van der Waals surface area contributed by atoms with Gasteiger partial charge in [0.1, 0.15) is 0 Å². The van der Waals surface area contributed by atoms with Crippen molar-refractivity contribution in [2.45, 2.75) is 33.1 Å². The van der Waals surface area contributed by atoms with E-state index in [4.69, 9.17) is 10.2 Å². The summed E-state index contributed by atoms with van der Waals surface area (Å²) in [5, 5.41) is 8.04. The summed E-state index contributed by atoms with van der Waals surface area (Å²) in [6.45, 7) is 7.15. The Morgan fingerprint density at radius 1 is 1.31 bits per heavy atom. The molecule has 0 unspecified atom stereocenters. The third-order valence-electron chi connectivity index (χ3n) is 3.20. The molecule has 16 heavy (non-hydrogen) atoms. The number of aromatic nitrogens is 2. The smallest absolute Gasteiger partial charge is 0.318 e. The summed E-state index contributed by atoms with van der Waals surface area (Å²) in [5.74, 6) is 0.641. The Bertz CT molecular complexity index is 338. The van der Waals surface area contributed by atoms with E-state index in [1.165, 1.54) is 12.8 Å². The lowest BCUT2D eigenvalue weighted by Gasteiger charge is -2.35. The summed E-state index contributed by atoms with van der Waals surface area (Å²) in [6.07, 6.45) is 3.00. The molecular formula is C11H20N4O. The van der Waals surface area contributed by atoms with Crippen molar-refractivity contribution in [3.05, 3.63) is 5.89 Å². The number of hydrogen-bond acceptors (Lipinski definition) is 5. The Morgan fingerprint density at radius 2 is 2.00 bits per heavy atom. The Hall–Kier alpha value is -1.10. The van der Waals surface area contributed by atoms with Crippen LogP contribution in [0.3, 0.4) is 0 Å². The van der Waals surface area contributed by atoms with E-state index >= 15 is 0 Å². The molecule has 0 aromatic carbocycles. The van der Waals surface area contributed by atoms with Crippen LogP contribution in [0.1, 0.15) is 32.6 Å². The topological polar surface area (TPSA) is 68.2 Å². The van der Waals surface area contributed by atoms with Gasteiger partial charge in [-0.15, -0.1) is 5.10 Å². The van der Waals surface area contributed by atoms with Crippen LogP contribution < -0.4 is 10.6 Å². The van der Waals surface area contributed by atoms with Gasteiger partial charge in [-0.1, -0.05) is 18.9 Å². The van der Waals surface area contributed by atoms with Crippen LogP contribution in [-0.4, -0.2) is 29.8 Å². The van der Waals surface area contributed by atoms with Crippen molar-refractivity contribution >= 4 is 6.01 Å². The lowest BCUT2D eigenvalue weighted by Crippen LogP contribution is -2.37. The molecule has 0 amide bonds. The molecule has 1 aromatic rings. The number of hydrogen-bond donors (Lipinski definition) is 1. The van der Waals surface area contributed by atoms with Crippen LogP contribution in [0.4, 0.5) is 6.01 Å². The lowest BCUT2D eigenvalue weighted by molar-refractivity contribution is 0.272. The third kappa shape index (κ3) is 2.52. The highest BCUT2D eigenvalue weighted by molar-refractivity contribution is 5.25. The van der Waals surface area contributed by atoms with E-state index < -0.39 is 0 Å². The highest BCUT2D eigenvalue weighted by Crippen LogP contribution is 2.31. The number of piperidine rings is 1. The molecule has 2 rings (SSSR count). The second-order valence-corrected chi connectivity index (χ2v) is 5.17. The van der Waals surface area contributed by atoms with E-state index in [0.29, 0.717) is 30.3 Å². The van der Waals surface area contributed by atoms with E-state index in [1.807, 2.05) is 0 Å². The molecule has 2 heterocycles. The highest BCUT2D eigenvalue weighted by Gasteiger charge is 2.27. The molecule has 90 valence electrons. The zero-order chi connectivity index (χ0) is 11.6. The van der Waals surface area contributed by atoms with E-state index in [9.17, 15) is 0 Å². The zero-order valence-corrected chi connectivity index (χ0v) is 10.1. The van der Waals surface area contributed by atoms with Crippen molar-refractivity contribution in [2.24, 2.45) is 11.1 Å². The first-order valence-electron chi connectivity index (χ1n) is 5.88. The van der Waals surface area contributed by atoms with E-state index in [-0.39, 0.29) is 0 Å². The van der Waals surface area contributed by atoms with Gasteiger partial charge in [-0.05, 0) is 18.3 Å². The average molecular weight is 224 g/mol. The lowest BCUT2D eigenvalue weighted by atomic mass is 9.83. The molecule has 1 aromatic heterocycles. The number of anilines is 1. The summed E-state index contributed by atoms with van der Waals surface area (Å²) < 4.78 is 5.56. The van der Waals surface area contributed by atoms with Gasteiger partial charge in [-0.3, -0.25) is 0 Å². The minimum absolute atomic E-state index is 0.441. The summed E-state index contributed by atoms with van der Waals surface area (Å²) in [5.41, 5.74) is 5.88. The van der Waals surface area contributed by atoms with Crippen LogP contribution in [0.2, 0.25) is 0 Å². The standard InChI is InChI=1S/C11H20N4O/c1-11(2)4-7-15(8-5-11)10-14-13-9(16-10)3-6-12/h3-8,12H2,1-2H3. The molecule has 0 bridgehead atoms. The fourth-order valence-corrected chi connectivity index (χ4v) is 1.90. The third-order valence-corrected chi connectivity index (χ3v) is 3.20. The molecule has 2 N–H and O–H groups in total. The number of rotatable bonds is 3. The SMILES string of the molecule is CC1(C)CCN(c2nnc(CCN)o2)CC1. The normalized spacial score (nSPS) is 20.1. The van der Waals surface area contributed by atoms with Gasteiger partial charge >= 0.3 is 6.01 Å². The Kier molecular flexibility index (Phi) is 3.14. The van der Waals surface area contributed by atoms with E-state index in [0.717, 1.165) is 13.1 Å². The summed E-state index contributed by atoms with van der Waals surface area (Å²) in [6, 6.07) is 0.652. The van der Waals surface area contributed by atoms with Crippen LogP contribution in [0, 0.1) is 5.41 Å². The number of nitrogens with two attached hydrogens (primary N) is 1. The van der Waals surface area contributed by atoms with Gasteiger partial charge < -0.3 is 15.1 Å². The molecule has 0 atom stereocenters. The van der Waals surface area contributed by atoms with Gasteiger partial charge in [0.15, 0.2) is 0 Å². The van der Waals surface area contributed by atoms with Gasteiger partial charge in [-0.25, -0.2) is 0 Å². The van der Waals surface area contributed by atoms with Crippen molar-refractivity contribution < 1.29 is 4.42 Å². The van der Waals surface area contributed by atoms with Crippen LogP contribution >= 0.6 is 0 Å². The van der Waals surface area contributed by atoms with Gasteiger partial charge in [0.05, 0.1) is 0 Å². The molecule has 0 saturated carbocycles. The van der Waals surface area contributed by atoms with Crippen molar-refractivity contribution in [1.29, 1.82) is 0 Å². The molecule has 5 heteroatoms. The van der Waals surface area contributed by atoms with Crippen LogP contribution in [-0.2, 0) is 6.42 Å². The molecule has 1 aliphatic rings. The summed E-state index contributed by atoms with van der Waals surface area (Å²) >= 11 is 0. The fourth-order valence-electron chi connectivity index (χ4n) is 1.90. The minimum atomic E-state index is 0.441.